The minimum Gasteiger partial charge on any atom is -0.342 e. The van der Waals surface area contributed by atoms with E-state index in [1.54, 1.807) is 16.7 Å². The number of hydrogen-bond acceptors (Lipinski definition) is 3. The van der Waals surface area contributed by atoms with E-state index in [1.807, 2.05) is 40.9 Å². The molecule has 1 fully saturated rings. The van der Waals surface area contributed by atoms with Crippen LogP contribution in [0.4, 0.5) is 0 Å². The number of piperazine rings is 1. The molecule has 0 aromatic rings. The molecule has 1 rings (SSSR count). The van der Waals surface area contributed by atoms with Crippen molar-refractivity contribution >= 4 is 23.6 Å². The largest absolute Gasteiger partial charge is 0.342 e. The number of carbonyl (C=O) groups is 2. The van der Waals surface area contributed by atoms with E-state index in [0.29, 0.717) is 6.54 Å². The van der Waals surface area contributed by atoms with E-state index >= 15 is 0 Å². The molecule has 2 amide bonds. The predicted octanol–water partition coefficient (Wildman–Crippen LogP) is 1.75. The fraction of sp³-hybridized carbons (Fsp3) is 0.857. The zero-order chi connectivity index (χ0) is 14.8. The molecule has 5 heteroatoms. The minimum atomic E-state index is -0.420. The van der Waals surface area contributed by atoms with Crippen LogP contribution in [0.3, 0.4) is 0 Å². The highest BCUT2D eigenvalue weighted by Gasteiger charge is 2.45. The lowest BCUT2D eigenvalue weighted by Crippen LogP contribution is -2.68. The molecule has 1 heterocycles. The summed E-state index contributed by atoms with van der Waals surface area (Å²) in [6.07, 6.45) is 2.01. The van der Waals surface area contributed by atoms with Crippen LogP contribution < -0.4 is 5.32 Å². The van der Waals surface area contributed by atoms with Crippen molar-refractivity contribution in [1.82, 2.24) is 10.2 Å². The van der Waals surface area contributed by atoms with E-state index in [0.717, 1.165) is 5.75 Å². The topological polar surface area (TPSA) is 49.4 Å². The maximum absolute atomic E-state index is 12.6. The van der Waals surface area contributed by atoms with Crippen LogP contribution in [0.25, 0.3) is 0 Å². The summed E-state index contributed by atoms with van der Waals surface area (Å²) < 4.78 is 0. The lowest BCUT2D eigenvalue weighted by Gasteiger charge is -2.44. The van der Waals surface area contributed by atoms with E-state index in [9.17, 15) is 9.59 Å². The smallest absolute Gasteiger partial charge is 0.246 e. The van der Waals surface area contributed by atoms with Crippen molar-refractivity contribution in [3.05, 3.63) is 0 Å². The third kappa shape index (κ3) is 3.65. The Kier molecular flexibility index (Phi) is 5.30. The zero-order valence-corrected chi connectivity index (χ0v) is 13.6. The van der Waals surface area contributed by atoms with Gasteiger partial charge in [-0.3, -0.25) is 9.59 Å². The molecule has 19 heavy (non-hydrogen) atoms. The number of thioether (sulfide) groups is 1. The highest BCUT2D eigenvalue weighted by Crippen LogP contribution is 2.27. The second-order valence-corrected chi connectivity index (χ2v) is 7.51. The van der Waals surface area contributed by atoms with Crippen molar-refractivity contribution in [2.75, 3.05) is 18.6 Å². The van der Waals surface area contributed by atoms with E-state index < -0.39 is 6.04 Å². The van der Waals surface area contributed by atoms with Gasteiger partial charge >= 0.3 is 0 Å². The highest BCUT2D eigenvalue weighted by atomic mass is 32.2. The maximum Gasteiger partial charge on any atom is 0.246 e. The molecule has 0 aromatic heterocycles. The van der Waals surface area contributed by atoms with Crippen LogP contribution in [0, 0.1) is 11.3 Å². The first-order valence-corrected chi connectivity index (χ1v) is 8.19. The first-order valence-electron chi connectivity index (χ1n) is 6.80. The second kappa shape index (κ2) is 6.16. The Labute approximate surface area is 120 Å². The third-order valence-electron chi connectivity index (χ3n) is 3.45. The highest BCUT2D eigenvalue weighted by molar-refractivity contribution is 7.98. The Bertz CT molecular complexity index is 350. The molecule has 1 aliphatic rings. The zero-order valence-electron chi connectivity index (χ0n) is 12.8. The van der Waals surface area contributed by atoms with Crippen molar-refractivity contribution in [1.29, 1.82) is 0 Å². The molecule has 2 atom stereocenters. The van der Waals surface area contributed by atoms with Crippen LogP contribution in [0.2, 0.25) is 0 Å². The van der Waals surface area contributed by atoms with Gasteiger partial charge in [-0.1, -0.05) is 34.6 Å². The number of nitrogens with one attached hydrogen (secondary N) is 1. The molecule has 0 aromatic carbocycles. The first-order chi connectivity index (χ1) is 8.70. The van der Waals surface area contributed by atoms with Crippen LogP contribution in [-0.2, 0) is 9.59 Å². The molecule has 0 radical (unpaired) electrons. The molecule has 1 aliphatic heterocycles. The van der Waals surface area contributed by atoms with Crippen molar-refractivity contribution in [3.8, 4) is 0 Å². The summed E-state index contributed by atoms with van der Waals surface area (Å²) in [6, 6.07) is -0.755. The van der Waals surface area contributed by atoms with Gasteiger partial charge in [-0.05, 0) is 17.6 Å². The van der Waals surface area contributed by atoms with Crippen LogP contribution in [-0.4, -0.2) is 47.4 Å². The number of carbonyl (C=O) groups excluding carboxylic acids is 2. The molecule has 1 N–H and O–H groups in total. The summed E-state index contributed by atoms with van der Waals surface area (Å²) in [6.45, 7) is 10.6. The molecule has 0 bridgehead atoms. The molecule has 1 saturated heterocycles. The predicted molar refractivity (Wildman–Crippen MR) is 80.1 cm³/mol. The third-order valence-corrected chi connectivity index (χ3v) is 4.05. The van der Waals surface area contributed by atoms with Gasteiger partial charge in [0.25, 0.3) is 0 Å². The number of rotatable bonds is 4. The van der Waals surface area contributed by atoms with Crippen LogP contribution in [0.1, 0.15) is 34.6 Å². The molecule has 0 spiro atoms. The summed E-state index contributed by atoms with van der Waals surface area (Å²) in [4.78, 5) is 26.7. The molecule has 0 saturated carbocycles. The van der Waals surface area contributed by atoms with Gasteiger partial charge in [-0.15, -0.1) is 0 Å². The summed E-state index contributed by atoms with van der Waals surface area (Å²) in [5, 5.41) is 2.91. The SMILES string of the molecule is CSCCN1C(=O)C(C(C)(C)C)NC(=O)C1C(C)C. The van der Waals surface area contributed by atoms with Crippen molar-refractivity contribution < 1.29 is 9.59 Å². The van der Waals surface area contributed by atoms with Gasteiger partial charge in [0, 0.05) is 12.3 Å². The second-order valence-electron chi connectivity index (χ2n) is 6.52. The Balaban J connectivity index is 3.01. The van der Waals surface area contributed by atoms with Gasteiger partial charge < -0.3 is 10.2 Å². The van der Waals surface area contributed by atoms with Crippen molar-refractivity contribution in [2.24, 2.45) is 11.3 Å². The van der Waals surface area contributed by atoms with E-state index in [4.69, 9.17) is 0 Å². The van der Waals surface area contributed by atoms with Gasteiger partial charge in [0.05, 0.1) is 0 Å². The lowest BCUT2D eigenvalue weighted by atomic mass is 9.83. The summed E-state index contributed by atoms with van der Waals surface area (Å²) >= 11 is 1.70. The monoisotopic (exact) mass is 286 g/mol. The molecule has 4 nitrogen and oxygen atoms in total. The molecular formula is C14H26N2O2S. The van der Waals surface area contributed by atoms with Crippen LogP contribution in [0.5, 0.6) is 0 Å². The first kappa shape index (κ1) is 16.3. The van der Waals surface area contributed by atoms with Crippen LogP contribution >= 0.6 is 11.8 Å². The van der Waals surface area contributed by atoms with Crippen molar-refractivity contribution in [2.45, 2.75) is 46.7 Å². The number of hydrogen-bond donors (Lipinski definition) is 1. The van der Waals surface area contributed by atoms with Crippen molar-refractivity contribution in [3.63, 3.8) is 0 Å². The Morgan fingerprint density at radius 2 is 1.89 bits per heavy atom. The van der Waals surface area contributed by atoms with E-state index in [2.05, 4.69) is 5.32 Å². The summed E-state index contributed by atoms with van der Waals surface area (Å²) in [5.74, 6) is 1.03. The van der Waals surface area contributed by atoms with Gasteiger partial charge in [-0.25, -0.2) is 0 Å². The standard InChI is InChI=1S/C14H26N2O2S/c1-9(2)10-12(17)15-11(14(3,4)5)13(18)16(10)7-8-19-6/h9-11H,7-8H2,1-6H3,(H,15,17). The summed E-state index contributed by atoms with van der Waals surface area (Å²) in [5.41, 5.74) is -0.258. The number of nitrogens with zero attached hydrogens (tertiary/aromatic N) is 1. The lowest BCUT2D eigenvalue weighted by molar-refractivity contribution is -0.153. The molecular weight excluding hydrogens is 260 g/mol. The molecule has 110 valence electrons. The van der Waals surface area contributed by atoms with Gasteiger partial charge in [0.15, 0.2) is 0 Å². The van der Waals surface area contributed by atoms with Gasteiger partial charge in [0.2, 0.25) is 11.8 Å². The quantitative estimate of drug-likeness (QED) is 0.856. The van der Waals surface area contributed by atoms with Crippen LogP contribution in [0.15, 0.2) is 0 Å². The fourth-order valence-corrected chi connectivity index (χ4v) is 2.80. The Hall–Kier alpha value is -0.710. The summed E-state index contributed by atoms with van der Waals surface area (Å²) in [7, 11) is 0. The molecule has 2 unspecified atom stereocenters. The Morgan fingerprint density at radius 3 is 2.32 bits per heavy atom. The minimum absolute atomic E-state index is 0.0179. The average molecular weight is 286 g/mol. The van der Waals surface area contributed by atoms with Gasteiger partial charge in [-0.2, -0.15) is 11.8 Å². The Morgan fingerprint density at radius 1 is 1.32 bits per heavy atom. The average Bonchev–Trinajstić information content (AvgIpc) is 2.27. The normalized spacial score (nSPS) is 24.9. The fourth-order valence-electron chi connectivity index (χ4n) is 2.42. The van der Waals surface area contributed by atoms with Gasteiger partial charge in [0.1, 0.15) is 12.1 Å². The molecule has 0 aliphatic carbocycles. The van der Waals surface area contributed by atoms with E-state index in [1.165, 1.54) is 0 Å². The van der Waals surface area contributed by atoms with E-state index in [-0.39, 0.29) is 29.2 Å². The maximum atomic E-state index is 12.6. The number of amides is 2.